The van der Waals surface area contributed by atoms with Crippen LogP contribution in [0.25, 0.3) is 0 Å². The lowest BCUT2D eigenvalue weighted by atomic mass is 9.99. The van der Waals surface area contributed by atoms with Gasteiger partial charge >= 0.3 is 0 Å². The zero-order chi connectivity index (χ0) is 25.8. The van der Waals surface area contributed by atoms with Gasteiger partial charge in [0.1, 0.15) is 0 Å². The highest BCUT2D eigenvalue weighted by Crippen LogP contribution is 2.26. The molecule has 3 aromatic rings. The van der Waals surface area contributed by atoms with Gasteiger partial charge in [0.15, 0.2) is 0 Å². The Kier molecular flexibility index (Phi) is 7.80. The maximum atomic E-state index is 6.30. The first-order valence-corrected chi connectivity index (χ1v) is 13.1. The molecule has 3 heterocycles. The quantitative estimate of drug-likeness (QED) is 0.315. The van der Waals surface area contributed by atoms with Crippen molar-refractivity contribution in [2.45, 2.75) is 49.5 Å². The van der Waals surface area contributed by atoms with E-state index in [0.717, 1.165) is 24.8 Å². The summed E-state index contributed by atoms with van der Waals surface area (Å²) in [5.41, 5.74) is 27.6. The topological polar surface area (TPSA) is 161 Å². The van der Waals surface area contributed by atoms with Crippen molar-refractivity contribution >= 4 is 17.8 Å². The zero-order valence-corrected chi connectivity index (χ0v) is 21.2. The average molecular weight is 503 g/mol. The number of hydrogen-bond donors (Lipinski definition) is 5. The van der Waals surface area contributed by atoms with Crippen LogP contribution in [-0.4, -0.2) is 65.3 Å². The van der Waals surface area contributed by atoms with E-state index in [1.807, 2.05) is 24.3 Å². The van der Waals surface area contributed by atoms with Crippen LogP contribution in [0.1, 0.15) is 30.0 Å². The summed E-state index contributed by atoms with van der Waals surface area (Å²) in [5, 5.41) is 3.61. The van der Waals surface area contributed by atoms with Gasteiger partial charge in [-0.25, -0.2) is 0 Å². The number of anilines is 3. The summed E-state index contributed by atoms with van der Waals surface area (Å²) < 4.78 is 0. The predicted octanol–water partition coefficient (Wildman–Crippen LogP) is 0.997. The van der Waals surface area contributed by atoms with Crippen LogP contribution < -0.4 is 38.1 Å². The molecule has 0 aliphatic carbocycles. The summed E-state index contributed by atoms with van der Waals surface area (Å²) in [4.78, 5) is 18.7. The van der Waals surface area contributed by atoms with Gasteiger partial charge in [0, 0.05) is 50.3 Å². The summed E-state index contributed by atoms with van der Waals surface area (Å²) in [6, 6.07) is 20.6. The third-order valence-electron chi connectivity index (χ3n) is 7.00. The van der Waals surface area contributed by atoms with Crippen LogP contribution in [0.2, 0.25) is 0 Å². The van der Waals surface area contributed by atoms with Crippen molar-refractivity contribution in [3.05, 3.63) is 71.8 Å². The molecule has 196 valence electrons. The number of aromatic nitrogens is 3. The van der Waals surface area contributed by atoms with Gasteiger partial charge in [0.05, 0.1) is 6.04 Å². The molecular formula is C27H38N10. The molecule has 9 N–H and O–H groups in total. The Balaban J connectivity index is 1.50. The lowest BCUT2D eigenvalue weighted by Crippen LogP contribution is -2.54. The summed E-state index contributed by atoms with van der Waals surface area (Å²) in [6.45, 7) is 2.56. The Morgan fingerprint density at radius 3 is 1.62 bits per heavy atom. The van der Waals surface area contributed by atoms with Crippen molar-refractivity contribution in [3.8, 4) is 0 Å². The van der Waals surface area contributed by atoms with Crippen LogP contribution in [0.3, 0.4) is 0 Å². The van der Waals surface area contributed by atoms with Crippen molar-refractivity contribution in [2.75, 3.05) is 41.3 Å². The SMILES string of the molecule is N[C@@H]1C[C@H](N)CN(c2nc(NC(Cc3ccccc3)c3ccccc3)nc(N3C[C@H](N)C[C@H](N)C3)n2)C1. The van der Waals surface area contributed by atoms with E-state index >= 15 is 0 Å². The molecule has 0 bridgehead atoms. The second kappa shape index (κ2) is 11.4. The molecular weight excluding hydrogens is 464 g/mol. The number of nitrogens with one attached hydrogen (secondary N) is 1. The Bertz CT molecular complexity index is 1080. The monoisotopic (exact) mass is 502 g/mol. The lowest BCUT2D eigenvalue weighted by molar-refractivity contribution is 0.441. The Labute approximate surface area is 218 Å². The Morgan fingerprint density at radius 2 is 1.14 bits per heavy atom. The molecule has 2 aliphatic heterocycles. The van der Waals surface area contributed by atoms with Crippen LogP contribution in [0.5, 0.6) is 0 Å². The van der Waals surface area contributed by atoms with E-state index in [0.29, 0.717) is 44.0 Å². The largest absolute Gasteiger partial charge is 0.347 e. The van der Waals surface area contributed by atoms with E-state index in [-0.39, 0.29) is 30.2 Å². The van der Waals surface area contributed by atoms with E-state index in [1.165, 1.54) is 5.56 Å². The van der Waals surface area contributed by atoms with Crippen LogP contribution in [0.4, 0.5) is 17.8 Å². The smallest absolute Gasteiger partial charge is 0.232 e. The summed E-state index contributed by atoms with van der Waals surface area (Å²) in [6.07, 6.45) is 2.34. The first-order valence-electron chi connectivity index (χ1n) is 13.1. The highest BCUT2D eigenvalue weighted by atomic mass is 15.4. The molecule has 1 aromatic heterocycles. The zero-order valence-electron chi connectivity index (χ0n) is 21.2. The van der Waals surface area contributed by atoms with E-state index in [2.05, 4.69) is 51.5 Å². The predicted molar refractivity (Wildman–Crippen MR) is 148 cm³/mol. The molecule has 1 unspecified atom stereocenters. The summed E-state index contributed by atoms with van der Waals surface area (Å²) in [7, 11) is 0. The van der Waals surface area contributed by atoms with E-state index in [4.69, 9.17) is 37.9 Å². The molecule has 2 saturated heterocycles. The number of piperidine rings is 2. The summed E-state index contributed by atoms with van der Waals surface area (Å²) >= 11 is 0. The maximum Gasteiger partial charge on any atom is 0.232 e. The molecule has 10 nitrogen and oxygen atoms in total. The van der Waals surface area contributed by atoms with E-state index in [1.54, 1.807) is 0 Å². The molecule has 0 amide bonds. The summed E-state index contributed by atoms with van der Waals surface area (Å²) in [5.74, 6) is 1.64. The molecule has 0 saturated carbocycles. The van der Waals surface area contributed by atoms with Crippen LogP contribution >= 0.6 is 0 Å². The van der Waals surface area contributed by atoms with Gasteiger partial charge in [-0.1, -0.05) is 60.7 Å². The third kappa shape index (κ3) is 6.53. The fourth-order valence-corrected chi connectivity index (χ4v) is 5.33. The molecule has 2 fully saturated rings. The fourth-order valence-electron chi connectivity index (χ4n) is 5.33. The minimum absolute atomic E-state index is 0.0349. The minimum atomic E-state index is -0.0385. The fraction of sp³-hybridized carbons (Fsp3) is 0.444. The molecule has 10 heteroatoms. The highest BCUT2D eigenvalue weighted by molar-refractivity contribution is 5.48. The standard InChI is InChI=1S/C27H38N10/c28-20-12-21(29)15-36(14-20)26-33-25(34-27(35-26)37-16-22(30)13-23(31)17-37)32-24(19-9-5-2-6-10-19)11-18-7-3-1-4-8-18/h1-10,20-24H,11-17,28-31H2,(H,32,33,34,35)/t20-,21+,22-,23+,24?. The molecule has 0 radical (unpaired) electrons. The van der Waals surface area contributed by atoms with Crippen molar-refractivity contribution in [1.29, 1.82) is 0 Å². The molecule has 2 aliphatic rings. The van der Waals surface area contributed by atoms with Gasteiger partial charge in [-0.15, -0.1) is 0 Å². The number of hydrogen-bond acceptors (Lipinski definition) is 10. The number of nitrogens with zero attached hydrogens (tertiary/aromatic N) is 5. The van der Waals surface area contributed by atoms with Crippen LogP contribution in [0, 0.1) is 0 Å². The lowest BCUT2D eigenvalue weighted by Gasteiger charge is -2.37. The van der Waals surface area contributed by atoms with Gasteiger partial charge < -0.3 is 38.1 Å². The molecule has 5 atom stereocenters. The second-order valence-corrected chi connectivity index (χ2v) is 10.4. The number of benzene rings is 2. The van der Waals surface area contributed by atoms with Crippen molar-refractivity contribution < 1.29 is 0 Å². The maximum absolute atomic E-state index is 6.30. The van der Waals surface area contributed by atoms with Gasteiger partial charge in [-0.05, 0) is 30.4 Å². The van der Waals surface area contributed by atoms with Crippen molar-refractivity contribution in [3.63, 3.8) is 0 Å². The molecule has 37 heavy (non-hydrogen) atoms. The first kappa shape index (κ1) is 25.3. The number of nitrogens with two attached hydrogens (primary N) is 4. The average Bonchev–Trinajstić information content (AvgIpc) is 2.88. The molecule has 0 spiro atoms. The van der Waals surface area contributed by atoms with E-state index < -0.39 is 0 Å². The first-order chi connectivity index (χ1) is 17.9. The highest BCUT2D eigenvalue weighted by Gasteiger charge is 2.29. The third-order valence-corrected chi connectivity index (χ3v) is 7.00. The van der Waals surface area contributed by atoms with Gasteiger partial charge in [0.2, 0.25) is 17.8 Å². The van der Waals surface area contributed by atoms with Gasteiger partial charge in [-0.2, -0.15) is 15.0 Å². The van der Waals surface area contributed by atoms with Crippen LogP contribution in [-0.2, 0) is 6.42 Å². The minimum Gasteiger partial charge on any atom is -0.347 e. The van der Waals surface area contributed by atoms with Crippen LogP contribution in [0.15, 0.2) is 60.7 Å². The Morgan fingerprint density at radius 1 is 0.676 bits per heavy atom. The van der Waals surface area contributed by atoms with Gasteiger partial charge in [0.25, 0.3) is 0 Å². The second-order valence-electron chi connectivity index (χ2n) is 10.4. The van der Waals surface area contributed by atoms with E-state index in [9.17, 15) is 0 Å². The molecule has 5 rings (SSSR count). The van der Waals surface area contributed by atoms with Crippen molar-refractivity contribution in [1.82, 2.24) is 15.0 Å². The Hall–Kier alpha value is -3.31. The van der Waals surface area contributed by atoms with Gasteiger partial charge in [-0.3, -0.25) is 0 Å². The van der Waals surface area contributed by atoms with Crippen molar-refractivity contribution in [2.24, 2.45) is 22.9 Å². The number of rotatable bonds is 7. The molecule has 2 aromatic carbocycles. The normalized spacial score (nSPS) is 25.1.